The number of amides is 3. The van der Waals surface area contributed by atoms with E-state index in [1.54, 1.807) is 25.7 Å². The summed E-state index contributed by atoms with van der Waals surface area (Å²) >= 11 is 0. The van der Waals surface area contributed by atoms with Crippen molar-refractivity contribution in [1.82, 2.24) is 15.5 Å². The molecule has 0 bridgehead atoms. The third-order valence-electron chi connectivity index (χ3n) is 5.78. The molecule has 0 aliphatic carbocycles. The SMILES string of the molecule is CCCCNC(=O)C(c1ccc(C)cc1C)N(C(=O)CNC(=O)OC(C)(C)C)C(C)CCC(C)C. The molecule has 2 atom stereocenters. The quantitative estimate of drug-likeness (QED) is 0.383. The Labute approximate surface area is 212 Å². The maximum atomic E-state index is 13.6. The first-order chi connectivity index (χ1) is 16.3. The highest BCUT2D eigenvalue weighted by molar-refractivity contribution is 5.91. The van der Waals surface area contributed by atoms with Gasteiger partial charge in [0.15, 0.2) is 0 Å². The van der Waals surface area contributed by atoms with Crippen molar-refractivity contribution in [3.8, 4) is 0 Å². The van der Waals surface area contributed by atoms with Gasteiger partial charge in [0.25, 0.3) is 0 Å². The van der Waals surface area contributed by atoms with Crippen molar-refractivity contribution in [2.24, 2.45) is 5.92 Å². The average molecular weight is 490 g/mol. The van der Waals surface area contributed by atoms with Crippen LogP contribution in [0.4, 0.5) is 4.79 Å². The van der Waals surface area contributed by atoms with E-state index in [1.807, 2.05) is 39.0 Å². The van der Waals surface area contributed by atoms with Gasteiger partial charge in [-0.2, -0.15) is 0 Å². The summed E-state index contributed by atoms with van der Waals surface area (Å²) < 4.78 is 5.30. The molecule has 0 heterocycles. The largest absolute Gasteiger partial charge is 0.444 e. The van der Waals surface area contributed by atoms with Crippen LogP contribution in [0.5, 0.6) is 0 Å². The van der Waals surface area contributed by atoms with Gasteiger partial charge in [-0.25, -0.2) is 4.79 Å². The number of hydrogen-bond donors (Lipinski definition) is 2. The molecule has 0 aromatic heterocycles. The second-order valence-electron chi connectivity index (χ2n) is 10.9. The molecular formula is C28H47N3O4. The van der Waals surface area contributed by atoms with Gasteiger partial charge in [-0.05, 0) is 77.8 Å². The molecule has 0 fully saturated rings. The fraction of sp³-hybridized carbons (Fsp3) is 0.679. The highest BCUT2D eigenvalue weighted by Gasteiger charge is 2.35. The lowest BCUT2D eigenvalue weighted by atomic mass is 9.94. The molecule has 2 unspecified atom stereocenters. The molecule has 1 rings (SSSR count). The molecular weight excluding hydrogens is 442 g/mol. The first kappa shape index (κ1) is 30.5. The van der Waals surface area contributed by atoms with Gasteiger partial charge in [-0.1, -0.05) is 51.0 Å². The van der Waals surface area contributed by atoms with Gasteiger partial charge in [0.2, 0.25) is 11.8 Å². The van der Waals surface area contributed by atoms with Crippen molar-refractivity contribution < 1.29 is 19.1 Å². The van der Waals surface area contributed by atoms with Crippen LogP contribution in [-0.2, 0) is 14.3 Å². The number of carbonyl (C=O) groups is 3. The van der Waals surface area contributed by atoms with Gasteiger partial charge in [0, 0.05) is 12.6 Å². The molecule has 7 nitrogen and oxygen atoms in total. The molecule has 7 heteroatoms. The summed E-state index contributed by atoms with van der Waals surface area (Å²) in [6, 6.07) is 4.94. The number of benzene rings is 1. The van der Waals surface area contributed by atoms with E-state index >= 15 is 0 Å². The normalized spacial score (nSPS) is 13.2. The molecule has 198 valence electrons. The summed E-state index contributed by atoms with van der Waals surface area (Å²) in [5.41, 5.74) is 2.17. The van der Waals surface area contributed by atoms with E-state index < -0.39 is 17.7 Å². The molecule has 0 saturated carbocycles. The molecule has 35 heavy (non-hydrogen) atoms. The third-order valence-corrected chi connectivity index (χ3v) is 5.78. The van der Waals surface area contributed by atoms with Crippen LogP contribution in [0, 0.1) is 19.8 Å². The Hall–Kier alpha value is -2.57. The molecule has 2 N–H and O–H groups in total. The third kappa shape index (κ3) is 10.7. The lowest BCUT2D eigenvalue weighted by Crippen LogP contribution is -2.51. The zero-order valence-electron chi connectivity index (χ0n) is 23.3. The fourth-order valence-electron chi connectivity index (χ4n) is 3.95. The van der Waals surface area contributed by atoms with Gasteiger partial charge in [0.05, 0.1) is 0 Å². The van der Waals surface area contributed by atoms with Crippen molar-refractivity contribution in [2.75, 3.05) is 13.1 Å². The molecule has 0 saturated heterocycles. The highest BCUT2D eigenvalue weighted by atomic mass is 16.6. The Balaban J connectivity index is 3.36. The van der Waals surface area contributed by atoms with Gasteiger partial charge >= 0.3 is 6.09 Å². The van der Waals surface area contributed by atoms with Crippen molar-refractivity contribution in [2.45, 2.75) is 106 Å². The molecule has 1 aromatic rings. The summed E-state index contributed by atoms with van der Waals surface area (Å²) in [5, 5.41) is 5.61. The zero-order chi connectivity index (χ0) is 26.8. The predicted molar refractivity (Wildman–Crippen MR) is 141 cm³/mol. The first-order valence-corrected chi connectivity index (χ1v) is 12.9. The Morgan fingerprint density at radius 2 is 1.69 bits per heavy atom. The molecule has 3 amide bonds. The van der Waals surface area contributed by atoms with Gasteiger partial charge in [-0.3, -0.25) is 9.59 Å². The first-order valence-electron chi connectivity index (χ1n) is 12.9. The number of nitrogens with one attached hydrogen (secondary N) is 2. The number of rotatable bonds is 12. The maximum Gasteiger partial charge on any atom is 0.408 e. The van der Waals surface area contributed by atoms with E-state index in [2.05, 4.69) is 31.4 Å². The van der Waals surface area contributed by atoms with E-state index in [0.717, 1.165) is 42.4 Å². The topological polar surface area (TPSA) is 87.7 Å². The van der Waals surface area contributed by atoms with Crippen LogP contribution in [0.25, 0.3) is 0 Å². The van der Waals surface area contributed by atoms with Crippen molar-refractivity contribution >= 4 is 17.9 Å². The van der Waals surface area contributed by atoms with E-state index in [9.17, 15) is 14.4 Å². The number of unbranched alkanes of at least 4 members (excludes halogenated alkanes) is 1. The summed E-state index contributed by atoms with van der Waals surface area (Å²) in [4.78, 5) is 41.0. The second kappa shape index (κ2) is 14.1. The number of alkyl carbamates (subject to hydrolysis) is 1. The Kier molecular flexibility index (Phi) is 12.3. The lowest BCUT2D eigenvalue weighted by molar-refractivity contribution is -0.142. The minimum atomic E-state index is -0.789. The molecule has 0 spiro atoms. The predicted octanol–water partition coefficient (Wildman–Crippen LogP) is 5.44. The van der Waals surface area contributed by atoms with E-state index in [0.29, 0.717) is 12.5 Å². The summed E-state index contributed by atoms with van der Waals surface area (Å²) in [6.07, 6.45) is 2.83. The Bertz CT molecular complexity index is 845. The second-order valence-corrected chi connectivity index (χ2v) is 10.9. The number of ether oxygens (including phenoxy) is 1. The maximum absolute atomic E-state index is 13.6. The molecule has 0 radical (unpaired) electrons. The number of nitrogens with zero attached hydrogens (tertiary/aromatic N) is 1. The average Bonchev–Trinajstić information content (AvgIpc) is 2.73. The van der Waals surface area contributed by atoms with Crippen LogP contribution >= 0.6 is 0 Å². The lowest BCUT2D eigenvalue weighted by Gasteiger charge is -2.37. The molecule has 0 aliphatic heterocycles. The number of aryl methyl sites for hydroxylation is 2. The smallest absolute Gasteiger partial charge is 0.408 e. The number of carbonyl (C=O) groups excluding carboxylic acids is 3. The molecule has 0 aliphatic rings. The Morgan fingerprint density at radius 1 is 1.03 bits per heavy atom. The van der Waals surface area contributed by atoms with Crippen LogP contribution in [0.15, 0.2) is 18.2 Å². The number of hydrogen-bond acceptors (Lipinski definition) is 4. The summed E-state index contributed by atoms with van der Waals surface area (Å²) in [6.45, 7) is 17.9. The fourth-order valence-corrected chi connectivity index (χ4v) is 3.95. The van der Waals surface area contributed by atoms with E-state index in [1.165, 1.54) is 0 Å². The molecule has 1 aromatic carbocycles. The minimum absolute atomic E-state index is 0.201. The van der Waals surface area contributed by atoms with Crippen LogP contribution in [0.2, 0.25) is 0 Å². The van der Waals surface area contributed by atoms with Gasteiger partial charge in [-0.15, -0.1) is 0 Å². The van der Waals surface area contributed by atoms with Crippen LogP contribution in [0.1, 0.15) is 96.9 Å². The van der Waals surface area contributed by atoms with Crippen molar-refractivity contribution in [3.05, 3.63) is 34.9 Å². The summed E-state index contributed by atoms with van der Waals surface area (Å²) in [7, 11) is 0. The van der Waals surface area contributed by atoms with E-state index in [4.69, 9.17) is 4.74 Å². The highest BCUT2D eigenvalue weighted by Crippen LogP contribution is 2.29. The Morgan fingerprint density at radius 3 is 2.23 bits per heavy atom. The van der Waals surface area contributed by atoms with Gasteiger partial charge in [0.1, 0.15) is 18.2 Å². The minimum Gasteiger partial charge on any atom is -0.444 e. The van der Waals surface area contributed by atoms with Crippen LogP contribution in [0.3, 0.4) is 0 Å². The van der Waals surface area contributed by atoms with Crippen molar-refractivity contribution in [3.63, 3.8) is 0 Å². The van der Waals surface area contributed by atoms with Crippen LogP contribution < -0.4 is 10.6 Å². The standard InChI is InChI=1S/C28H47N3O4/c1-10-11-16-29-26(33)25(23-15-13-20(4)17-21(23)5)31(22(6)14-12-19(2)3)24(32)18-30-27(34)35-28(7,8)9/h13,15,17,19,22,25H,10-12,14,16,18H2,1-9H3,(H,29,33)(H,30,34). The van der Waals surface area contributed by atoms with Crippen molar-refractivity contribution in [1.29, 1.82) is 0 Å². The summed E-state index contributed by atoms with van der Waals surface area (Å²) in [5.74, 6) is -0.0533. The zero-order valence-corrected chi connectivity index (χ0v) is 23.3. The van der Waals surface area contributed by atoms with Crippen LogP contribution in [-0.4, -0.2) is 47.5 Å². The van der Waals surface area contributed by atoms with Gasteiger partial charge < -0.3 is 20.3 Å². The van der Waals surface area contributed by atoms with E-state index in [-0.39, 0.29) is 24.4 Å². The monoisotopic (exact) mass is 489 g/mol.